The van der Waals surface area contributed by atoms with Gasteiger partial charge in [-0.15, -0.1) is 0 Å². The molecule has 3 nitrogen and oxygen atoms in total. The summed E-state index contributed by atoms with van der Waals surface area (Å²) in [5.74, 6) is -0.854. The Balaban J connectivity index is 3.15. The van der Waals surface area contributed by atoms with E-state index in [1.165, 1.54) is 6.07 Å². The molecule has 0 amide bonds. The molecule has 4 heteroatoms. The van der Waals surface area contributed by atoms with Crippen molar-refractivity contribution in [2.24, 2.45) is 0 Å². The predicted molar refractivity (Wildman–Crippen MR) is 31.9 cm³/mol. The summed E-state index contributed by atoms with van der Waals surface area (Å²) in [4.78, 5) is 9.20. The number of benzene rings is 1. The molecule has 0 saturated heterocycles. The van der Waals surface area contributed by atoms with Crippen LogP contribution in [0, 0.1) is 22.0 Å². The fraction of sp³-hybridized carbons (Fsp3) is 0. The number of halogens is 1. The quantitative estimate of drug-likeness (QED) is 0.438. The van der Waals surface area contributed by atoms with Gasteiger partial charge in [-0.1, -0.05) is 0 Å². The van der Waals surface area contributed by atoms with Gasteiger partial charge in [0.15, 0.2) is 0 Å². The van der Waals surface area contributed by atoms with Crippen LogP contribution >= 0.6 is 0 Å². The lowest BCUT2D eigenvalue weighted by Crippen LogP contribution is -1.90. The molecule has 0 bridgehead atoms. The molecule has 0 N–H and O–H groups in total. The smallest absolute Gasteiger partial charge is 0.258 e. The summed E-state index contributed by atoms with van der Waals surface area (Å²) in [5, 5.41) is 9.97. The minimum absolute atomic E-state index is 0.515. The van der Waals surface area contributed by atoms with E-state index < -0.39 is 16.4 Å². The van der Waals surface area contributed by atoms with Gasteiger partial charge in [0, 0.05) is 6.07 Å². The van der Waals surface area contributed by atoms with Gasteiger partial charge in [-0.05, 0) is 18.2 Å². The van der Waals surface area contributed by atoms with E-state index in [0.29, 0.717) is 0 Å². The number of nitro groups is 1. The molecule has 1 aromatic rings. The van der Waals surface area contributed by atoms with Crippen molar-refractivity contribution in [2.75, 3.05) is 0 Å². The number of hydrogen-bond donors (Lipinski definition) is 0. The zero-order chi connectivity index (χ0) is 7.56. The van der Waals surface area contributed by atoms with Gasteiger partial charge < -0.3 is 0 Å². The molecule has 0 aliphatic heterocycles. The molecule has 1 radical (unpaired) electrons. The molecule has 51 valence electrons. The van der Waals surface area contributed by atoms with Crippen LogP contribution < -0.4 is 0 Å². The van der Waals surface area contributed by atoms with Crippen LogP contribution in [0.25, 0.3) is 0 Å². The lowest BCUT2D eigenvalue weighted by molar-refractivity contribution is -0.387. The zero-order valence-electron chi connectivity index (χ0n) is 4.87. The van der Waals surface area contributed by atoms with E-state index in [0.717, 1.165) is 12.1 Å². The molecule has 0 unspecified atom stereocenters. The minimum Gasteiger partial charge on any atom is -0.258 e. The number of hydrogen-bond acceptors (Lipinski definition) is 2. The molecule has 1 aromatic carbocycles. The first-order valence-corrected chi connectivity index (χ1v) is 2.52. The fourth-order valence-electron chi connectivity index (χ4n) is 0.550. The number of rotatable bonds is 1. The van der Waals surface area contributed by atoms with Gasteiger partial charge in [0.05, 0.1) is 4.92 Å². The van der Waals surface area contributed by atoms with Crippen molar-refractivity contribution in [1.82, 2.24) is 0 Å². The molecular weight excluding hydrogens is 137 g/mol. The summed E-state index contributed by atoms with van der Waals surface area (Å²) in [6.07, 6.45) is 0. The summed E-state index contributed by atoms with van der Waals surface area (Å²) in [6.45, 7) is 0. The van der Waals surface area contributed by atoms with Crippen molar-refractivity contribution in [1.29, 1.82) is 0 Å². The SMILES string of the molecule is O=[N+]([O-])c1cc[c]cc1F. The summed E-state index contributed by atoms with van der Waals surface area (Å²) in [5.41, 5.74) is -0.515. The number of nitrogens with zero attached hydrogens (tertiary/aromatic N) is 1. The van der Waals surface area contributed by atoms with Crippen molar-refractivity contribution >= 4 is 5.69 Å². The minimum atomic E-state index is -0.854. The lowest BCUT2D eigenvalue weighted by Gasteiger charge is -1.89. The Morgan fingerprint density at radius 3 is 2.80 bits per heavy atom. The Bertz CT molecular complexity index is 262. The Morgan fingerprint density at radius 1 is 1.70 bits per heavy atom. The highest BCUT2D eigenvalue weighted by molar-refractivity contribution is 5.29. The molecule has 0 spiro atoms. The third kappa shape index (κ3) is 1.10. The van der Waals surface area contributed by atoms with Crippen molar-refractivity contribution in [3.05, 3.63) is 40.2 Å². The first-order chi connectivity index (χ1) is 4.72. The van der Waals surface area contributed by atoms with Gasteiger partial charge in [-0.3, -0.25) is 10.1 Å². The normalized spacial score (nSPS) is 9.30. The van der Waals surface area contributed by atoms with Gasteiger partial charge in [0.1, 0.15) is 0 Å². The molecule has 0 fully saturated rings. The molecule has 1 rings (SSSR count). The largest absolute Gasteiger partial charge is 0.304 e. The Morgan fingerprint density at radius 2 is 2.40 bits per heavy atom. The Hall–Kier alpha value is -1.45. The van der Waals surface area contributed by atoms with Crippen LogP contribution in [0.2, 0.25) is 0 Å². The molecule has 0 aliphatic rings. The van der Waals surface area contributed by atoms with E-state index in [-0.39, 0.29) is 0 Å². The maximum absolute atomic E-state index is 12.4. The van der Waals surface area contributed by atoms with E-state index in [2.05, 4.69) is 6.07 Å². The van der Waals surface area contributed by atoms with Crippen molar-refractivity contribution in [3.63, 3.8) is 0 Å². The van der Waals surface area contributed by atoms with E-state index in [1.54, 1.807) is 0 Å². The van der Waals surface area contributed by atoms with E-state index >= 15 is 0 Å². The van der Waals surface area contributed by atoms with Gasteiger partial charge in [0.2, 0.25) is 5.82 Å². The average Bonchev–Trinajstić information content (AvgIpc) is 1.88. The van der Waals surface area contributed by atoms with Crippen LogP contribution in [0.5, 0.6) is 0 Å². The van der Waals surface area contributed by atoms with Gasteiger partial charge >= 0.3 is 5.69 Å². The van der Waals surface area contributed by atoms with E-state index in [9.17, 15) is 14.5 Å². The predicted octanol–water partition coefficient (Wildman–Crippen LogP) is 1.53. The second kappa shape index (κ2) is 2.43. The highest BCUT2D eigenvalue weighted by Gasteiger charge is 2.10. The summed E-state index contributed by atoms with van der Waals surface area (Å²) < 4.78 is 12.4. The summed E-state index contributed by atoms with van der Waals surface area (Å²) >= 11 is 0. The monoisotopic (exact) mass is 140 g/mol. The number of nitro benzene ring substituents is 1. The fourth-order valence-corrected chi connectivity index (χ4v) is 0.550. The van der Waals surface area contributed by atoms with Gasteiger partial charge in [0.25, 0.3) is 0 Å². The van der Waals surface area contributed by atoms with Gasteiger partial charge in [-0.25, -0.2) is 0 Å². The molecule has 10 heavy (non-hydrogen) atoms. The first kappa shape index (κ1) is 6.67. The standard InChI is InChI=1S/C6H3FNO2/c7-5-3-1-2-4-6(5)8(9)10/h2-4H. The molecule has 0 saturated carbocycles. The van der Waals surface area contributed by atoms with Crippen LogP contribution in [-0.2, 0) is 0 Å². The molecule has 0 aliphatic carbocycles. The lowest BCUT2D eigenvalue weighted by atomic mass is 10.3. The van der Waals surface area contributed by atoms with Crippen molar-refractivity contribution in [2.45, 2.75) is 0 Å². The van der Waals surface area contributed by atoms with Crippen LogP contribution in [0.1, 0.15) is 0 Å². The topological polar surface area (TPSA) is 43.1 Å². The Labute approximate surface area is 56.2 Å². The second-order valence-corrected chi connectivity index (χ2v) is 1.63. The third-order valence-electron chi connectivity index (χ3n) is 0.989. The van der Waals surface area contributed by atoms with Crippen molar-refractivity contribution in [3.8, 4) is 0 Å². The third-order valence-corrected chi connectivity index (χ3v) is 0.989. The summed E-state index contributed by atoms with van der Waals surface area (Å²) in [7, 11) is 0. The van der Waals surface area contributed by atoms with Crippen LogP contribution in [0.15, 0.2) is 18.2 Å². The maximum Gasteiger partial charge on any atom is 0.304 e. The van der Waals surface area contributed by atoms with E-state index in [1.807, 2.05) is 0 Å². The summed E-state index contributed by atoms with van der Waals surface area (Å²) in [6, 6.07) is 5.66. The van der Waals surface area contributed by atoms with Crippen LogP contribution in [-0.4, -0.2) is 4.92 Å². The highest BCUT2D eigenvalue weighted by Crippen LogP contribution is 2.13. The van der Waals surface area contributed by atoms with Crippen LogP contribution in [0.4, 0.5) is 10.1 Å². The Kier molecular flexibility index (Phi) is 1.62. The van der Waals surface area contributed by atoms with E-state index in [4.69, 9.17) is 0 Å². The molecule has 0 heterocycles. The van der Waals surface area contributed by atoms with Crippen LogP contribution in [0.3, 0.4) is 0 Å². The molecule has 0 atom stereocenters. The van der Waals surface area contributed by atoms with Gasteiger partial charge in [-0.2, -0.15) is 4.39 Å². The first-order valence-electron chi connectivity index (χ1n) is 2.52. The average molecular weight is 140 g/mol. The second-order valence-electron chi connectivity index (χ2n) is 1.63. The molecular formula is C6H3FNO2. The highest BCUT2D eigenvalue weighted by atomic mass is 19.1. The molecule has 0 aromatic heterocycles. The van der Waals surface area contributed by atoms with Crippen molar-refractivity contribution < 1.29 is 9.31 Å². The maximum atomic E-state index is 12.4. The zero-order valence-corrected chi connectivity index (χ0v) is 4.87.